The number of rotatable bonds is 2. The fraction of sp³-hybridized carbons (Fsp3) is 0.727. The first-order chi connectivity index (χ1) is 12.4. The van der Waals surface area contributed by atoms with E-state index in [1.165, 1.54) is 24.9 Å². The molecule has 1 aromatic carbocycles. The quantitative estimate of drug-likeness (QED) is 0.629. The summed E-state index contributed by atoms with van der Waals surface area (Å²) in [6, 6.07) is 4.15. The maximum absolute atomic E-state index is 12.3. The number of phenolic OH excluding ortho intramolecular Hbond substituents is 1. The van der Waals surface area contributed by atoms with Gasteiger partial charge in [-0.2, -0.15) is 0 Å². The van der Waals surface area contributed by atoms with Crippen LogP contribution in [0.5, 0.6) is 11.5 Å². The fourth-order valence-corrected chi connectivity index (χ4v) is 7.40. The molecule has 1 spiro atoms. The van der Waals surface area contributed by atoms with Gasteiger partial charge in [0.05, 0.1) is 25.6 Å². The second-order valence-electron chi connectivity index (χ2n) is 10.2. The highest BCUT2D eigenvalue weighted by atomic mass is 79.9. The number of likely N-dealkylation sites (N-methyl/N-ethyl adjacent to an activating group) is 1. The molecule has 2 heterocycles. The topological polar surface area (TPSA) is 49.7 Å². The molecule has 1 saturated heterocycles. The van der Waals surface area contributed by atoms with E-state index < -0.39 is 5.60 Å². The summed E-state index contributed by atoms with van der Waals surface area (Å²) in [6.07, 6.45) is 6.48. The number of aliphatic hydroxyl groups is 1. The van der Waals surface area contributed by atoms with E-state index in [0.29, 0.717) is 11.7 Å². The Hall–Kier alpha value is -0.780. The molecule has 4 nitrogen and oxygen atoms in total. The number of piperidine rings is 1. The smallest absolute Gasteiger partial charge is 0.165 e. The number of hydrogen-bond donors (Lipinski definition) is 2. The predicted octanol–water partition coefficient (Wildman–Crippen LogP) is -0.259. The molecule has 27 heavy (non-hydrogen) atoms. The molecule has 2 N–H and O–H groups in total. The van der Waals surface area contributed by atoms with Gasteiger partial charge in [-0.15, -0.1) is 0 Å². The maximum Gasteiger partial charge on any atom is 0.165 e. The van der Waals surface area contributed by atoms with Gasteiger partial charge in [0.1, 0.15) is 17.7 Å². The van der Waals surface area contributed by atoms with Crippen molar-refractivity contribution < 1.29 is 36.4 Å². The van der Waals surface area contributed by atoms with E-state index >= 15 is 0 Å². The zero-order valence-electron chi connectivity index (χ0n) is 16.2. The second kappa shape index (κ2) is 5.43. The van der Waals surface area contributed by atoms with Crippen molar-refractivity contribution in [3.63, 3.8) is 0 Å². The van der Waals surface area contributed by atoms with Gasteiger partial charge >= 0.3 is 0 Å². The minimum atomic E-state index is -0.710. The van der Waals surface area contributed by atoms with Crippen LogP contribution in [0.25, 0.3) is 0 Å². The molecule has 6 rings (SSSR count). The van der Waals surface area contributed by atoms with Crippen LogP contribution in [0.15, 0.2) is 12.1 Å². The first-order valence-electron chi connectivity index (χ1n) is 10.5. The van der Waals surface area contributed by atoms with Crippen molar-refractivity contribution in [1.82, 2.24) is 0 Å². The Morgan fingerprint density at radius 1 is 1.22 bits per heavy atom. The van der Waals surface area contributed by atoms with Gasteiger partial charge in [0.2, 0.25) is 0 Å². The highest BCUT2D eigenvalue weighted by molar-refractivity contribution is 5.62. The molecule has 0 aromatic heterocycles. The molecule has 3 aliphatic carbocycles. The number of halogens is 1. The molecule has 5 aliphatic rings. The molecule has 6 atom stereocenters. The average Bonchev–Trinajstić information content (AvgIpc) is 3.32. The summed E-state index contributed by atoms with van der Waals surface area (Å²) in [5.74, 6) is 2.19. The maximum atomic E-state index is 12.3. The number of hydrogen-bond acceptors (Lipinski definition) is 3. The summed E-state index contributed by atoms with van der Waals surface area (Å²) in [6.45, 7) is 4.59. The lowest BCUT2D eigenvalue weighted by Crippen LogP contribution is -3.00. The van der Waals surface area contributed by atoms with Gasteiger partial charge in [0.25, 0.3) is 0 Å². The number of phenols is 1. The summed E-state index contributed by atoms with van der Waals surface area (Å²) in [4.78, 5) is 0. The summed E-state index contributed by atoms with van der Waals surface area (Å²) in [5, 5.41) is 22.8. The first-order valence-corrected chi connectivity index (χ1v) is 10.5. The van der Waals surface area contributed by atoms with Crippen LogP contribution in [0.3, 0.4) is 0 Å². The molecule has 148 valence electrons. The zero-order chi connectivity index (χ0) is 17.9. The highest BCUT2D eigenvalue weighted by Crippen LogP contribution is 2.67. The normalized spacial score (nSPS) is 46.3. The van der Waals surface area contributed by atoms with Gasteiger partial charge in [0, 0.05) is 24.3 Å². The summed E-state index contributed by atoms with van der Waals surface area (Å²) < 4.78 is 7.45. The van der Waals surface area contributed by atoms with E-state index in [2.05, 4.69) is 20.0 Å². The predicted molar refractivity (Wildman–Crippen MR) is 98.3 cm³/mol. The van der Waals surface area contributed by atoms with Crippen molar-refractivity contribution in [2.75, 3.05) is 20.1 Å². The number of nitrogens with zero attached hydrogens (tertiary/aromatic N) is 1. The van der Waals surface area contributed by atoms with Crippen molar-refractivity contribution in [1.29, 1.82) is 0 Å². The van der Waals surface area contributed by atoms with Crippen LogP contribution in [0.4, 0.5) is 0 Å². The zero-order valence-corrected chi connectivity index (χ0v) is 17.8. The molecule has 0 radical (unpaired) electrons. The number of ether oxygens (including phenoxy) is 1. The van der Waals surface area contributed by atoms with Crippen LogP contribution in [0.2, 0.25) is 0 Å². The Morgan fingerprint density at radius 2 is 2.00 bits per heavy atom. The second-order valence-corrected chi connectivity index (χ2v) is 10.2. The monoisotopic (exact) mass is 435 g/mol. The standard InChI is InChI=1S/C22H29NO3.BrH/c1-13-7-8-22(25)17-11-15-5-6-16(24)19-18(15)21(22,20(13)26-19)9-10-23(17,2)12-14-3-4-14;/h5-6,13-14,17,20,25H,3-4,7-12H2,1-2H3;1H/t13?,17-,20+,21+,22-,23?;/m1./s1. The Bertz CT molecular complexity index is 811. The minimum Gasteiger partial charge on any atom is -1.00 e. The van der Waals surface area contributed by atoms with E-state index in [9.17, 15) is 10.2 Å². The largest absolute Gasteiger partial charge is 1.00 e. The SMILES string of the molecule is CC1CC[C@@]2(O)[C@H]3Cc4ccc(O)c5c4[C@@]2(CC[N+]3(C)CC2CC2)[C@H]1O5.[Br-]. The van der Waals surface area contributed by atoms with E-state index in [-0.39, 0.29) is 40.3 Å². The molecule has 2 aliphatic heterocycles. The van der Waals surface area contributed by atoms with Crippen molar-refractivity contribution in [3.8, 4) is 11.5 Å². The van der Waals surface area contributed by atoms with Gasteiger partial charge in [-0.3, -0.25) is 0 Å². The highest BCUT2D eigenvalue weighted by Gasteiger charge is 2.75. The third-order valence-corrected chi connectivity index (χ3v) is 8.78. The van der Waals surface area contributed by atoms with Gasteiger partial charge in [0.15, 0.2) is 11.5 Å². The van der Waals surface area contributed by atoms with Crippen molar-refractivity contribution >= 4 is 0 Å². The summed E-state index contributed by atoms with van der Waals surface area (Å²) in [5.41, 5.74) is 1.44. The molecular formula is C22H30BrNO3. The molecule has 3 fully saturated rings. The molecule has 1 aromatic rings. The van der Waals surface area contributed by atoms with Crippen molar-refractivity contribution in [2.24, 2.45) is 11.8 Å². The van der Waals surface area contributed by atoms with Crippen LogP contribution in [-0.2, 0) is 11.8 Å². The molecule has 2 saturated carbocycles. The minimum absolute atomic E-state index is 0. The van der Waals surface area contributed by atoms with Gasteiger partial charge in [-0.1, -0.05) is 13.0 Å². The Labute approximate surface area is 171 Å². The van der Waals surface area contributed by atoms with Crippen LogP contribution < -0.4 is 21.7 Å². The lowest BCUT2D eigenvalue weighted by Gasteiger charge is -2.65. The van der Waals surface area contributed by atoms with Crippen molar-refractivity contribution in [2.45, 2.75) is 68.6 Å². The Kier molecular flexibility index (Phi) is 3.67. The fourth-order valence-electron chi connectivity index (χ4n) is 7.40. The van der Waals surface area contributed by atoms with Crippen LogP contribution >= 0.6 is 0 Å². The van der Waals surface area contributed by atoms with Crippen LogP contribution in [-0.4, -0.2) is 52.6 Å². The number of aromatic hydroxyl groups is 1. The molecule has 2 bridgehead atoms. The third kappa shape index (κ3) is 2.01. The third-order valence-electron chi connectivity index (χ3n) is 8.78. The molecular weight excluding hydrogens is 406 g/mol. The van der Waals surface area contributed by atoms with E-state index in [1.54, 1.807) is 6.07 Å². The van der Waals surface area contributed by atoms with Gasteiger partial charge in [-0.25, -0.2) is 0 Å². The Morgan fingerprint density at radius 3 is 2.74 bits per heavy atom. The van der Waals surface area contributed by atoms with Crippen LogP contribution in [0.1, 0.15) is 50.2 Å². The molecule has 5 heteroatoms. The lowest BCUT2D eigenvalue weighted by molar-refractivity contribution is -0.950. The summed E-state index contributed by atoms with van der Waals surface area (Å²) in [7, 11) is 2.39. The Balaban J connectivity index is 0.00000160. The summed E-state index contributed by atoms with van der Waals surface area (Å²) >= 11 is 0. The van der Waals surface area contributed by atoms with E-state index in [1.807, 2.05) is 0 Å². The number of benzene rings is 1. The van der Waals surface area contributed by atoms with Gasteiger partial charge < -0.3 is 36.4 Å². The molecule has 0 amide bonds. The molecule has 2 unspecified atom stereocenters. The number of likely N-dealkylation sites (tertiary alicyclic amines) is 1. The van der Waals surface area contributed by atoms with Crippen molar-refractivity contribution in [3.05, 3.63) is 23.3 Å². The lowest BCUT2D eigenvalue weighted by atomic mass is 9.47. The first kappa shape index (κ1) is 18.3. The van der Waals surface area contributed by atoms with E-state index in [4.69, 9.17) is 4.74 Å². The van der Waals surface area contributed by atoms with Gasteiger partial charge in [-0.05, 0) is 43.2 Å². The average molecular weight is 436 g/mol. The number of quaternary nitrogens is 1. The van der Waals surface area contributed by atoms with Crippen LogP contribution in [0, 0.1) is 11.8 Å². The van der Waals surface area contributed by atoms with E-state index in [0.717, 1.165) is 48.2 Å².